The Bertz CT molecular complexity index is 1240. The first-order valence-electron chi connectivity index (χ1n) is 12.9. The van der Waals surface area contributed by atoms with Crippen molar-refractivity contribution < 1.29 is 19.1 Å². The third kappa shape index (κ3) is 4.27. The molecule has 4 fully saturated rings. The van der Waals surface area contributed by atoms with Crippen molar-refractivity contribution in [2.24, 2.45) is 17.8 Å². The standard InChI is InChI=1S/C31H31NO4/c1-35-30(34)27-4-2-3-5-28(27)32-29(33)23-6-10-25(11-7-23)36-26-12-8-24(9-13-26)31-17-20-14-21(18-31)16-22(15-20)19-31/h2-13,20-22H,14-19H2,1H3,(H,32,33). The molecule has 1 amide bonds. The summed E-state index contributed by atoms with van der Waals surface area (Å²) in [5, 5.41) is 2.79. The third-order valence-electron chi connectivity index (χ3n) is 8.44. The van der Waals surface area contributed by atoms with Crippen molar-refractivity contribution in [1.29, 1.82) is 0 Å². The summed E-state index contributed by atoms with van der Waals surface area (Å²) >= 11 is 0. The van der Waals surface area contributed by atoms with Crippen LogP contribution in [0.15, 0.2) is 72.8 Å². The Morgan fingerprint density at radius 3 is 1.92 bits per heavy atom. The van der Waals surface area contributed by atoms with Gasteiger partial charge in [-0.15, -0.1) is 0 Å². The van der Waals surface area contributed by atoms with E-state index in [1.54, 1.807) is 48.5 Å². The topological polar surface area (TPSA) is 64.6 Å². The first kappa shape index (κ1) is 22.8. The van der Waals surface area contributed by atoms with E-state index in [-0.39, 0.29) is 5.91 Å². The number of hydrogen-bond acceptors (Lipinski definition) is 4. The Kier molecular flexibility index (Phi) is 5.79. The van der Waals surface area contributed by atoms with E-state index >= 15 is 0 Å². The molecule has 184 valence electrons. The number of rotatable bonds is 6. The number of para-hydroxylation sites is 1. The maximum absolute atomic E-state index is 12.7. The molecule has 0 atom stereocenters. The van der Waals surface area contributed by atoms with Crippen LogP contribution in [0.2, 0.25) is 0 Å². The van der Waals surface area contributed by atoms with Crippen LogP contribution >= 0.6 is 0 Å². The highest BCUT2D eigenvalue weighted by molar-refractivity contribution is 6.08. The van der Waals surface area contributed by atoms with Crippen molar-refractivity contribution in [3.05, 3.63) is 89.5 Å². The second-order valence-electron chi connectivity index (χ2n) is 10.8. The number of amides is 1. The molecule has 0 spiro atoms. The molecule has 3 aromatic carbocycles. The van der Waals surface area contributed by atoms with Gasteiger partial charge in [0, 0.05) is 5.56 Å². The van der Waals surface area contributed by atoms with Gasteiger partial charge in [-0.25, -0.2) is 4.79 Å². The minimum absolute atomic E-state index is 0.308. The summed E-state index contributed by atoms with van der Waals surface area (Å²) in [7, 11) is 1.32. The minimum Gasteiger partial charge on any atom is -0.465 e. The fourth-order valence-corrected chi connectivity index (χ4v) is 7.23. The molecule has 4 bridgehead atoms. The van der Waals surface area contributed by atoms with Crippen molar-refractivity contribution in [2.45, 2.75) is 43.9 Å². The van der Waals surface area contributed by atoms with Gasteiger partial charge in [0.2, 0.25) is 0 Å². The van der Waals surface area contributed by atoms with Crippen LogP contribution < -0.4 is 10.1 Å². The van der Waals surface area contributed by atoms with Gasteiger partial charge in [-0.3, -0.25) is 4.79 Å². The number of benzene rings is 3. The normalized spacial score (nSPS) is 25.9. The molecule has 5 heteroatoms. The third-order valence-corrected chi connectivity index (χ3v) is 8.44. The van der Waals surface area contributed by atoms with E-state index in [4.69, 9.17) is 9.47 Å². The Balaban J connectivity index is 1.11. The number of anilines is 1. The maximum atomic E-state index is 12.7. The molecule has 36 heavy (non-hydrogen) atoms. The zero-order valence-corrected chi connectivity index (χ0v) is 20.5. The number of carbonyl (C=O) groups excluding carboxylic acids is 2. The highest BCUT2D eigenvalue weighted by Crippen LogP contribution is 2.60. The molecule has 3 aromatic rings. The summed E-state index contributed by atoms with van der Waals surface area (Å²) in [6.07, 6.45) is 8.41. The van der Waals surface area contributed by atoms with Crippen LogP contribution in [0.5, 0.6) is 11.5 Å². The first-order chi connectivity index (χ1) is 17.5. The Morgan fingerprint density at radius 1 is 0.778 bits per heavy atom. The molecule has 4 saturated carbocycles. The zero-order valence-electron chi connectivity index (χ0n) is 20.5. The summed E-state index contributed by atoms with van der Waals surface area (Å²) in [6.45, 7) is 0. The van der Waals surface area contributed by atoms with E-state index in [1.165, 1.54) is 51.2 Å². The highest BCUT2D eigenvalue weighted by atomic mass is 16.5. The lowest BCUT2D eigenvalue weighted by atomic mass is 9.48. The van der Waals surface area contributed by atoms with Crippen LogP contribution in [0.3, 0.4) is 0 Å². The SMILES string of the molecule is COC(=O)c1ccccc1NC(=O)c1ccc(Oc2ccc(C34CC5CC(CC(C5)C3)C4)cc2)cc1. The Morgan fingerprint density at radius 2 is 1.33 bits per heavy atom. The smallest absolute Gasteiger partial charge is 0.339 e. The second-order valence-corrected chi connectivity index (χ2v) is 10.8. The number of esters is 1. The lowest BCUT2D eigenvalue weighted by Crippen LogP contribution is -2.48. The summed E-state index contributed by atoms with van der Waals surface area (Å²) < 4.78 is 10.9. The first-order valence-corrected chi connectivity index (χ1v) is 12.9. The van der Waals surface area contributed by atoms with Crippen LogP contribution in [0.4, 0.5) is 5.69 Å². The Labute approximate surface area is 211 Å². The van der Waals surface area contributed by atoms with Crippen LogP contribution in [0.1, 0.15) is 64.8 Å². The quantitative estimate of drug-likeness (QED) is 0.386. The van der Waals surface area contributed by atoms with Gasteiger partial charge >= 0.3 is 5.97 Å². The average Bonchev–Trinajstić information content (AvgIpc) is 2.88. The molecule has 7 rings (SSSR count). The van der Waals surface area contributed by atoms with Crippen LogP contribution in [-0.4, -0.2) is 19.0 Å². The number of nitrogens with one attached hydrogen (secondary N) is 1. The van der Waals surface area contributed by atoms with Crippen molar-refractivity contribution in [1.82, 2.24) is 0 Å². The van der Waals surface area contributed by atoms with Gasteiger partial charge < -0.3 is 14.8 Å². The zero-order chi connectivity index (χ0) is 24.7. The molecule has 0 unspecified atom stereocenters. The summed E-state index contributed by atoms with van der Waals surface area (Å²) in [6, 6.07) is 22.5. The number of methoxy groups -OCH3 is 1. The lowest BCUT2D eigenvalue weighted by molar-refractivity contribution is -0.00520. The van der Waals surface area contributed by atoms with E-state index in [0.29, 0.717) is 28.0 Å². The molecule has 1 N–H and O–H groups in total. The summed E-state index contributed by atoms with van der Waals surface area (Å²) in [5.41, 5.74) is 3.06. The van der Waals surface area contributed by atoms with Gasteiger partial charge in [0.05, 0.1) is 18.4 Å². The van der Waals surface area contributed by atoms with Gasteiger partial charge in [0.25, 0.3) is 5.91 Å². The fraction of sp³-hybridized carbons (Fsp3) is 0.355. The number of hydrogen-bond donors (Lipinski definition) is 1. The minimum atomic E-state index is -0.496. The van der Waals surface area contributed by atoms with E-state index in [9.17, 15) is 9.59 Å². The van der Waals surface area contributed by atoms with Gasteiger partial charge in [0.1, 0.15) is 11.5 Å². The maximum Gasteiger partial charge on any atom is 0.339 e. The molecule has 0 heterocycles. The molecule has 0 saturated heterocycles. The largest absolute Gasteiger partial charge is 0.465 e. The Hall–Kier alpha value is -3.60. The highest BCUT2D eigenvalue weighted by Gasteiger charge is 2.51. The van der Waals surface area contributed by atoms with Crippen molar-refractivity contribution in [3.63, 3.8) is 0 Å². The predicted octanol–water partition coefficient (Wildman–Crippen LogP) is 6.99. The molecular formula is C31H31NO4. The fourth-order valence-electron chi connectivity index (χ4n) is 7.23. The molecular weight excluding hydrogens is 450 g/mol. The van der Waals surface area contributed by atoms with Gasteiger partial charge in [0.15, 0.2) is 0 Å². The monoisotopic (exact) mass is 481 g/mol. The van der Waals surface area contributed by atoms with Gasteiger partial charge in [-0.05, 0) is 116 Å². The van der Waals surface area contributed by atoms with E-state index < -0.39 is 5.97 Å². The molecule has 4 aliphatic carbocycles. The van der Waals surface area contributed by atoms with E-state index in [1.807, 2.05) is 0 Å². The number of ether oxygens (including phenoxy) is 2. The van der Waals surface area contributed by atoms with Crippen LogP contribution in [0.25, 0.3) is 0 Å². The lowest BCUT2D eigenvalue weighted by Gasteiger charge is -2.57. The van der Waals surface area contributed by atoms with E-state index in [0.717, 1.165) is 23.5 Å². The predicted molar refractivity (Wildman–Crippen MR) is 139 cm³/mol. The average molecular weight is 482 g/mol. The van der Waals surface area contributed by atoms with Gasteiger partial charge in [-0.2, -0.15) is 0 Å². The molecule has 0 radical (unpaired) electrons. The molecule has 0 aromatic heterocycles. The van der Waals surface area contributed by atoms with Crippen molar-refractivity contribution >= 4 is 17.6 Å². The van der Waals surface area contributed by atoms with Crippen molar-refractivity contribution in [3.8, 4) is 11.5 Å². The summed E-state index contributed by atoms with van der Waals surface area (Å²) in [4.78, 5) is 24.7. The number of carbonyl (C=O) groups is 2. The molecule has 4 aliphatic rings. The van der Waals surface area contributed by atoms with Crippen LogP contribution in [-0.2, 0) is 10.2 Å². The van der Waals surface area contributed by atoms with Gasteiger partial charge in [-0.1, -0.05) is 24.3 Å². The van der Waals surface area contributed by atoms with Crippen molar-refractivity contribution in [2.75, 3.05) is 12.4 Å². The molecule has 0 aliphatic heterocycles. The van der Waals surface area contributed by atoms with E-state index in [2.05, 4.69) is 29.6 Å². The molecule has 5 nitrogen and oxygen atoms in total. The second kappa shape index (κ2) is 9.12. The summed E-state index contributed by atoms with van der Waals surface area (Å²) in [5.74, 6) is 3.45. The van der Waals surface area contributed by atoms with Crippen LogP contribution in [0, 0.1) is 17.8 Å².